The van der Waals surface area contributed by atoms with Crippen LogP contribution in [0.25, 0.3) is 11.0 Å². The van der Waals surface area contributed by atoms with Gasteiger partial charge in [-0.15, -0.1) is 0 Å². The topological polar surface area (TPSA) is 98.1 Å². The molecule has 0 spiro atoms. The van der Waals surface area contributed by atoms with E-state index in [0.717, 1.165) is 38.8 Å². The van der Waals surface area contributed by atoms with E-state index < -0.39 is 10.0 Å². The van der Waals surface area contributed by atoms with Gasteiger partial charge in [-0.1, -0.05) is 25.7 Å². The number of fused-ring (bicyclic) bond motifs is 1. The molecule has 2 aliphatic rings. The molecule has 1 saturated heterocycles. The zero-order valence-corrected chi connectivity index (χ0v) is 16.4. The first-order valence-electron chi connectivity index (χ1n) is 9.95. The summed E-state index contributed by atoms with van der Waals surface area (Å²) in [7, 11) is -3.63. The summed E-state index contributed by atoms with van der Waals surface area (Å²) in [5.74, 6) is 0. The monoisotopic (exact) mass is 392 g/mol. The van der Waals surface area contributed by atoms with Gasteiger partial charge < -0.3 is 9.97 Å². The molecule has 8 heteroatoms. The van der Waals surface area contributed by atoms with E-state index in [4.69, 9.17) is 0 Å². The zero-order valence-electron chi connectivity index (χ0n) is 15.6. The lowest BCUT2D eigenvalue weighted by Gasteiger charge is -2.48. The van der Waals surface area contributed by atoms with E-state index >= 15 is 0 Å². The van der Waals surface area contributed by atoms with Gasteiger partial charge in [-0.25, -0.2) is 17.9 Å². The molecule has 0 bridgehead atoms. The van der Waals surface area contributed by atoms with E-state index in [2.05, 4.69) is 19.6 Å². The molecule has 7 nitrogen and oxygen atoms in total. The molecule has 2 heterocycles. The van der Waals surface area contributed by atoms with Crippen LogP contribution in [0.1, 0.15) is 51.4 Å². The fraction of sp³-hybridized carbons (Fsp3) is 0.632. The van der Waals surface area contributed by atoms with E-state index in [0.29, 0.717) is 17.6 Å². The van der Waals surface area contributed by atoms with E-state index in [1.165, 1.54) is 31.7 Å². The van der Waals surface area contributed by atoms with Crippen LogP contribution < -0.4 is 10.4 Å². The number of benzene rings is 1. The number of rotatable bonds is 5. The zero-order chi connectivity index (χ0) is 18.9. The second-order valence-corrected chi connectivity index (χ2v) is 9.71. The van der Waals surface area contributed by atoms with Gasteiger partial charge in [0.1, 0.15) is 0 Å². The van der Waals surface area contributed by atoms with Crippen LogP contribution in [0.5, 0.6) is 0 Å². The molecule has 3 N–H and O–H groups in total. The molecule has 27 heavy (non-hydrogen) atoms. The summed E-state index contributed by atoms with van der Waals surface area (Å²) >= 11 is 0. The fourth-order valence-electron chi connectivity index (χ4n) is 4.67. The smallest absolute Gasteiger partial charge is 0.306 e. The Labute approximate surface area is 159 Å². The van der Waals surface area contributed by atoms with Crippen molar-refractivity contribution in [2.24, 2.45) is 0 Å². The molecule has 1 aliphatic heterocycles. The number of nitrogens with zero attached hydrogens (tertiary/aromatic N) is 1. The van der Waals surface area contributed by atoms with Crippen molar-refractivity contribution in [2.45, 2.75) is 61.8 Å². The van der Waals surface area contributed by atoms with E-state index in [9.17, 15) is 13.2 Å². The van der Waals surface area contributed by atoms with Crippen molar-refractivity contribution in [1.29, 1.82) is 0 Å². The molecular formula is C19H28N4O3S. The van der Waals surface area contributed by atoms with Gasteiger partial charge in [0.05, 0.1) is 15.9 Å². The van der Waals surface area contributed by atoms with Crippen LogP contribution in [0.4, 0.5) is 0 Å². The standard InChI is InChI=1S/C19H28N4O3S/c24-18-21-16-8-7-15(13-17(16)22-18)27(25,26)20-14-19(9-3-1-4-10-19)23-11-5-2-6-12-23/h7-8,13,20H,1-6,9-12,14H2,(H2,21,22,24). The molecule has 1 aromatic heterocycles. The molecule has 0 radical (unpaired) electrons. The summed E-state index contributed by atoms with van der Waals surface area (Å²) in [6, 6.07) is 4.69. The molecule has 0 amide bonds. The number of piperidine rings is 1. The first-order chi connectivity index (χ1) is 13.0. The first-order valence-corrected chi connectivity index (χ1v) is 11.4. The third kappa shape index (κ3) is 3.83. The van der Waals surface area contributed by atoms with Crippen LogP contribution in [-0.2, 0) is 10.0 Å². The maximum absolute atomic E-state index is 12.9. The van der Waals surface area contributed by atoms with Gasteiger partial charge in [-0.3, -0.25) is 4.90 Å². The Kier molecular flexibility index (Phi) is 5.13. The molecule has 1 aromatic carbocycles. The van der Waals surface area contributed by atoms with Crippen LogP contribution in [0, 0.1) is 0 Å². The van der Waals surface area contributed by atoms with Gasteiger partial charge in [0.25, 0.3) is 0 Å². The lowest BCUT2D eigenvalue weighted by Crippen LogP contribution is -2.58. The number of H-pyrrole nitrogens is 2. The number of hydrogen-bond donors (Lipinski definition) is 3. The van der Waals surface area contributed by atoms with Crippen molar-refractivity contribution in [2.75, 3.05) is 19.6 Å². The van der Waals surface area contributed by atoms with Gasteiger partial charge in [-0.2, -0.15) is 0 Å². The number of likely N-dealkylation sites (tertiary alicyclic amines) is 1. The molecule has 0 atom stereocenters. The maximum Gasteiger partial charge on any atom is 0.323 e. The molecule has 148 valence electrons. The van der Waals surface area contributed by atoms with Crippen molar-refractivity contribution < 1.29 is 8.42 Å². The Morgan fingerprint density at radius 3 is 2.37 bits per heavy atom. The Morgan fingerprint density at radius 1 is 0.963 bits per heavy atom. The second-order valence-electron chi connectivity index (χ2n) is 7.94. The number of imidazole rings is 1. The predicted octanol–water partition coefficient (Wildman–Crippen LogP) is 2.32. The summed E-state index contributed by atoms with van der Waals surface area (Å²) in [4.78, 5) is 19.4. The Morgan fingerprint density at radius 2 is 1.63 bits per heavy atom. The molecule has 1 saturated carbocycles. The largest absolute Gasteiger partial charge is 0.323 e. The van der Waals surface area contributed by atoms with Crippen molar-refractivity contribution >= 4 is 21.1 Å². The van der Waals surface area contributed by atoms with Crippen LogP contribution in [0.3, 0.4) is 0 Å². The summed E-state index contributed by atoms with van der Waals surface area (Å²) in [6.07, 6.45) is 9.34. The molecule has 2 aromatic rings. The predicted molar refractivity (Wildman–Crippen MR) is 105 cm³/mol. The quantitative estimate of drug-likeness (QED) is 0.727. The number of nitrogens with one attached hydrogen (secondary N) is 3. The molecule has 1 aliphatic carbocycles. The van der Waals surface area contributed by atoms with Crippen molar-refractivity contribution in [3.8, 4) is 0 Å². The first kappa shape index (κ1) is 18.7. The fourth-order valence-corrected chi connectivity index (χ4v) is 5.82. The molecular weight excluding hydrogens is 364 g/mol. The number of aromatic amines is 2. The Hall–Kier alpha value is -1.64. The lowest BCUT2D eigenvalue weighted by molar-refractivity contribution is 0.0376. The molecule has 4 rings (SSSR count). The van der Waals surface area contributed by atoms with Gasteiger partial charge in [0.2, 0.25) is 10.0 Å². The summed E-state index contributed by atoms with van der Waals surface area (Å²) in [5, 5.41) is 0. The van der Waals surface area contributed by atoms with Crippen LogP contribution >= 0.6 is 0 Å². The third-order valence-electron chi connectivity index (χ3n) is 6.20. The number of aromatic nitrogens is 2. The van der Waals surface area contributed by atoms with Crippen molar-refractivity contribution in [1.82, 2.24) is 19.6 Å². The van der Waals surface area contributed by atoms with Gasteiger partial charge in [-0.05, 0) is 57.0 Å². The molecule has 0 unspecified atom stereocenters. The highest BCUT2D eigenvalue weighted by molar-refractivity contribution is 7.89. The van der Waals surface area contributed by atoms with Crippen LogP contribution in [0.2, 0.25) is 0 Å². The lowest BCUT2D eigenvalue weighted by atomic mass is 9.79. The summed E-state index contributed by atoms with van der Waals surface area (Å²) in [6.45, 7) is 2.59. The van der Waals surface area contributed by atoms with Gasteiger partial charge >= 0.3 is 5.69 Å². The highest BCUT2D eigenvalue weighted by Crippen LogP contribution is 2.35. The highest BCUT2D eigenvalue weighted by atomic mass is 32.2. The van der Waals surface area contributed by atoms with Crippen molar-refractivity contribution in [3.05, 3.63) is 28.7 Å². The SMILES string of the molecule is O=c1[nH]c2ccc(S(=O)(=O)NCC3(N4CCCCC4)CCCCC3)cc2[nH]1. The maximum atomic E-state index is 12.9. The average Bonchev–Trinajstić information content (AvgIpc) is 3.07. The van der Waals surface area contributed by atoms with Crippen molar-refractivity contribution in [3.63, 3.8) is 0 Å². The normalized spacial score (nSPS) is 21.5. The summed E-state index contributed by atoms with van der Waals surface area (Å²) < 4.78 is 28.7. The van der Waals surface area contributed by atoms with Gasteiger partial charge in [0, 0.05) is 12.1 Å². The number of sulfonamides is 1. The van der Waals surface area contributed by atoms with E-state index in [-0.39, 0.29) is 16.1 Å². The average molecular weight is 393 g/mol. The Balaban J connectivity index is 1.55. The van der Waals surface area contributed by atoms with E-state index in [1.54, 1.807) is 12.1 Å². The minimum absolute atomic E-state index is 0.0573. The van der Waals surface area contributed by atoms with Crippen LogP contribution in [-0.4, -0.2) is 48.5 Å². The Bertz CT molecular complexity index is 951. The highest BCUT2D eigenvalue weighted by Gasteiger charge is 2.39. The summed E-state index contributed by atoms with van der Waals surface area (Å²) in [5.41, 5.74) is 0.721. The molecule has 2 fully saturated rings. The minimum atomic E-state index is -3.63. The second kappa shape index (κ2) is 7.41. The van der Waals surface area contributed by atoms with E-state index in [1.807, 2.05) is 0 Å². The third-order valence-corrected chi connectivity index (χ3v) is 7.60. The number of hydrogen-bond acceptors (Lipinski definition) is 4. The van der Waals surface area contributed by atoms with Gasteiger partial charge in [0.15, 0.2) is 0 Å². The minimum Gasteiger partial charge on any atom is -0.306 e. The van der Waals surface area contributed by atoms with Crippen LogP contribution in [0.15, 0.2) is 27.9 Å².